The van der Waals surface area contributed by atoms with E-state index in [1.54, 1.807) is 0 Å². The molecule has 1 aliphatic rings. The SMILES string of the molecule is CC1CCC(=O)N(Cc2ccc(Br)cc2)CC1. The van der Waals surface area contributed by atoms with Gasteiger partial charge in [-0.1, -0.05) is 35.0 Å². The molecule has 1 aliphatic heterocycles. The first-order valence-corrected chi connectivity index (χ1v) is 6.96. The summed E-state index contributed by atoms with van der Waals surface area (Å²) < 4.78 is 1.08. The summed E-state index contributed by atoms with van der Waals surface area (Å²) >= 11 is 3.42. The maximum absolute atomic E-state index is 11.9. The summed E-state index contributed by atoms with van der Waals surface area (Å²) in [7, 11) is 0. The van der Waals surface area contributed by atoms with Gasteiger partial charge in [0, 0.05) is 24.0 Å². The van der Waals surface area contributed by atoms with Gasteiger partial charge in [0.25, 0.3) is 0 Å². The van der Waals surface area contributed by atoms with Gasteiger partial charge in [-0.05, 0) is 36.5 Å². The highest BCUT2D eigenvalue weighted by atomic mass is 79.9. The fraction of sp³-hybridized carbons (Fsp3) is 0.500. The van der Waals surface area contributed by atoms with Crippen molar-refractivity contribution >= 4 is 21.8 Å². The van der Waals surface area contributed by atoms with Gasteiger partial charge in [-0.2, -0.15) is 0 Å². The lowest BCUT2D eigenvalue weighted by Gasteiger charge is -2.20. The van der Waals surface area contributed by atoms with Gasteiger partial charge in [0.1, 0.15) is 0 Å². The number of hydrogen-bond donors (Lipinski definition) is 0. The number of benzene rings is 1. The summed E-state index contributed by atoms with van der Waals surface area (Å²) in [5.74, 6) is 0.978. The van der Waals surface area contributed by atoms with Gasteiger partial charge in [-0.25, -0.2) is 0 Å². The molecule has 0 radical (unpaired) electrons. The third-order valence-corrected chi connectivity index (χ3v) is 3.91. The topological polar surface area (TPSA) is 20.3 Å². The van der Waals surface area contributed by atoms with Crippen molar-refractivity contribution in [2.45, 2.75) is 32.7 Å². The average Bonchev–Trinajstić information content (AvgIpc) is 2.47. The largest absolute Gasteiger partial charge is 0.338 e. The molecule has 0 saturated carbocycles. The van der Waals surface area contributed by atoms with Crippen molar-refractivity contribution in [3.8, 4) is 0 Å². The van der Waals surface area contributed by atoms with Crippen LogP contribution in [0.3, 0.4) is 0 Å². The molecule has 1 heterocycles. The minimum absolute atomic E-state index is 0.303. The quantitative estimate of drug-likeness (QED) is 0.816. The number of rotatable bonds is 2. The minimum atomic E-state index is 0.303. The number of hydrogen-bond acceptors (Lipinski definition) is 1. The van der Waals surface area contributed by atoms with Gasteiger partial charge in [-0.3, -0.25) is 4.79 Å². The second-order valence-electron chi connectivity index (χ2n) is 4.87. The average molecular weight is 296 g/mol. The van der Waals surface area contributed by atoms with Crippen LogP contribution in [0, 0.1) is 5.92 Å². The second-order valence-corrected chi connectivity index (χ2v) is 5.79. The highest BCUT2D eigenvalue weighted by Gasteiger charge is 2.19. The van der Waals surface area contributed by atoms with Crippen LogP contribution in [0.5, 0.6) is 0 Å². The minimum Gasteiger partial charge on any atom is -0.338 e. The van der Waals surface area contributed by atoms with Gasteiger partial charge in [0.2, 0.25) is 5.91 Å². The lowest BCUT2D eigenvalue weighted by molar-refractivity contribution is -0.131. The van der Waals surface area contributed by atoms with Gasteiger partial charge in [-0.15, -0.1) is 0 Å². The van der Waals surface area contributed by atoms with E-state index in [-0.39, 0.29) is 0 Å². The lowest BCUT2D eigenvalue weighted by atomic mass is 10.0. The smallest absolute Gasteiger partial charge is 0.222 e. The number of nitrogens with zero attached hydrogens (tertiary/aromatic N) is 1. The predicted molar refractivity (Wildman–Crippen MR) is 72.6 cm³/mol. The maximum atomic E-state index is 11.9. The van der Waals surface area contributed by atoms with Crippen molar-refractivity contribution in [1.29, 1.82) is 0 Å². The Morgan fingerprint density at radius 2 is 2.00 bits per heavy atom. The van der Waals surface area contributed by atoms with E-state index in [2.05, 4.69) is 35.0 Å². The van der Waals surface area contributed by atoms with Crippen LogP contribution in [0.2, 0.25) is 0 Å². The third-order valence-electron chi connectivity index (χ3n) is 3.38. The Kier molecular flexibility index (Phi) is 4.21. The first kappa shape index (κ1) is 12.6. The van der Waals surface area contributed by atoms with Crippen LogP contribution in [0.25, 0.3) is 0 Å². The van der Waals surface area contributed by atoms with Crippen molar-refractivity contribution in [3.63, 3.8) is 0 Å². The van der Waals surface area contributed by atoms with E-state index in [1.807, 2.05) is 17.0 Å². The summed E-state index contributed by atoms with van der Waals surface area (Å²) in [6.07, 6.45) is 2.87. The first-order chi connectivity index (χ1) is 8.15. The molecule has 1 aromatic carbocycles. The Balaban J connectivity index is 2.01. The van der Waals surface area contributed by atoms with Crippen LogP contribution in [0.4, 0.5) is 0 Å². The van der Waals surface area contributed by atoms with Crippen molar-refractivity contribution in [2.24, 2.45) is 5.92 Å². The monoisotopic (exact) mass is 295 g/mol. The fourth-order valence-electron chi connectivity index (χ4n) is 2.15. The number of carbonyl (C=O) groups is 1. The molecule has 17 heavy (non-hydrogen) atoms. The summed E-state index contributed by atoms with van der Waals surface area (Å²) in [5.41, 5.74) is 1.20. The third kappa shape index (κ3) is 3.56. The normalized spacial score (nSPS) is 21.4. The fourth-order valence-corrected chi connectivity index (χ4v) is 2.42. The van der Waals surface area contributed by atoms with Crippen molar-refractivity contribution in [3.05, 3.63) is 34.3 Å². The van der Waals surface area contributed by atoms with Gasteiger partial charge in [0.05, 0.1) is 0 Å². The summed E-state index contributed by atoms with van der Waals surface area (Å²) in [4.78, 5) is 13.9. The molecule has 1 atom stereocenters. The molecule has 0 aromatic heterocycles. The number of likely N-dealkylation sites (tertiary alicyclic amines) is 1. The molecule has 1 amide bonds. The Labute approximate surface area is 111 Å². The van der Waals surface area contributed by atoms with Gasteiger partial charge < -0.3 is 4.90 Å². The lowest BCUT2D eigenvalue weighted by Crippen LogP contribution is -2.29. The van der Waals surface area contributed by atoms with Crippen LogP contribution in [-0.4, -0.2) is 17.4 Å². The number of carbonyl (C=O) groups excluding carboxylic acids is 1. The van der Waals surface area contributed by atoms with E-state index >= 15 is 0 Å². The molecule has 0 bridgehead atoms. The zero-order valence-corrected chi connectivity index (χ0v) is 11.7. The van der Waals surface area contributed by atoms with E-state index in [4.69, 9.17) is 0 Å². The molecule has 92 valence electrons. The van der Waals surface area contributed by atoms with Crippen molar-refractivity contribution < 1.29 is 4.79 Å². The van der Waals surface area contributed by atoms with Crippen molar-refractivity contribution in [1.82, 2.24) is 4.90 Å². The Bertz CT molecular complexity index is 388. The highest BCUT2D eigenvalue weighted by molar-refractivity contribution is 9.10. The van der Waals surface area contributed by atoms with Crippen LogP contribution >= 0.6 is 15.9 Å². The van der Waals surface area contributed by atoms with Gasteiger partial charge in [0.15, 0.2) is 0 Å². The van der Waals surface area contributed by atoms with E-state index in [0.29, 0.717) is 18.2 Å². The molecular formula is C14H18BrNO. The molecule has 0 spiro atoms. The molecule has 3 heteroatoms. The van der Waals surface area contributed by atoms with E-state index in [0.717, 1.165) is 30.4 Å². The van der Waals surface area contributed by atoms with Crippen molar-refractivity contribution in [2.75, 3.05) is 6.54 Å². The van der Waals surface area contributed by atoms with Crippen LogP contribution in [0.15, 0.2) is 28.7 Å². The molecule has 1 fully saturated rings. The zero-order chi connectivity index (χ0) is 12.3. The first-order valence-electron chi connectivity index (χ1n) is 6.17. The summed E-state index contributed by atoms with van der Waals surface area (Å²) in [6.45, 7) is 3.88. The maximum Gasteiger partial charge on any atom is 0.222 e. The Morgan fingerprint density at radius 3 is 2.71 bits per heavy atom. The summed E-state index contributed by atoms with van der Waals surface area (Å²) in [5, 5.41) is 0. The Hall–Kier alpha value is -0.830. The second kappa shape index (κ2) is 5.67. The highest BCUT2D eigenvalue weighted by Crippen LogP contribution is 2.20. The molecule has 2 rings (SSSR count). The molecule has 1 unspecified atom stereocenters. The van der Waals surface area contributed by atoms with E-state index < -0.39 is 0 Å². The standard InChI is InChI=1S/C14H18BrNO/c1-11-2-7-14(17)16(9-8-11)10-12-3-5-13(15)6-4-12/h3-6,11H,2,7-10H2,1H3. The predicted octanol–water partition coefficient (Wildman–Crippen LogP) is 3.60. The van der Waals surface area contributed by atoms with Gasteiger partial charge >= 0.3 is 0 Å². The van der Waals surface area contributed by atoms with Crippen LogP contribution in [0.1, 0.15) is 31.7 Å². The summed E-state index contributed by atoms with van der Waals surface area (Å²) in [6, 6.07) is 8.21. The molecular weight excluding hydrogens is 278 g/mol. The zero-order valence-electron chi connectivity index (χ0n) is 10.2. The molecule has 0 aliphatic carbocycles. The van der Waals surface area contributed by atoms with E-state index in [1.165, 1.54) is 5.56 Å². The van der Waals surface area contributed by atoms with Crippen LogP contribution in [-0.2, 0) is 11.3 Å². The molecule has 2 nitrogen and oxygen atoms in total. The Morgan fingerprint density at radius 1 is 1.29 bits per heavy atom. The van der Waals surface area contributed by atoms with Crippen LogP contribution < -0.4 is 0 Å². The molecule has 0 N–H and O–H groups in total. The van der Waals surface area contributed by atoms with E-state index in [9.17, 15) is 4.79 Å². The molecule has 1 saturated heterocycles. The number of amides is 1. The number of halogens is 1. The molecule has 1 aromatic rings.